The summed E-state index contributed by atoms with van der Waals surface area (Å²) in [6, 6.07) is 11.7. The number of nitrogens with one attached hydrogen (secondary N) is 1. The highest BCUT2D eigenvalue weighted by atomic mass is 79.9. The van der Waals surface area contributed by atoms with E-state index in [-0.39, 0.29) is 0 Å². The van der Waals surface area contributed by atoms with Gasteiger partial charge in [-0.15, -0.1) is 0 Å². The molecule has 0 radical (unpaired) electrons. The number of pyridine rings is 1. The van der Waals surface area contributed by atoms with E-state index in [1.165, 1.54) is 0 Å². The topological polar surface area (TPSA) is 52.0 Å². The van der Waals surface area contributed by atoms with Gasteiger partial charge in [0, 0.05) is 17.6 Å². The number of aromatic nitrogens is 3. The summed E-state index contributed by atoms with van der Waals surface area (Å²) >= 11 is 3.48. The summed E-state index contributed by atoms with van der Waals surface area (Å²) < 4.78 is 8.20. The monoisotopic (exact) mass is 346 g/mol. The summed E-state index contributed by atoms with van der Waals surface area (Å²) in [5, 5.41) is 3.31. The fraction of sp³-hybridized carbons (Fsp3) is 0.200. The van der Waals surface area contributed by atoms with Crippen molar-refractivity contribution in [2.24, 2.45) is 7.05 Å². The quantitative estimate of drug-likeness (QED) is 0.786. The molecule has 3 aromatic rings. The van der Waals surface area contributed by atoms with Crippen LogP contribution in [0.1, 0.15) is 5.69 Å². The van der Waals surface area contributed by atoms with E-state index in [9.17, 15) is 0 Å². The third kappa shape index (κ3) is 2.85. The first-order chi connectivity index (χ1) is 10.2. The van der Waals surface area contributed by atoms with Gasteiger partial charge in [-0.25, -0.2) is 9.97 Å². The van der Waals surface area contributed by atoms with Crippen molar-refractivity contribution < 1.29 is 4.74 Å². The van der Waals surface area contributed by atoms with Crippen molar-refractivity contribution in [2.75, 3.05) is 12.4 Å². The molecule has 2 aromatic heterocycles. The molecule has 108 valence electrons. The molecule has 5 nitrogen and oxygen atoms in total. The molecule has 0 fully saturated rings. The summed E-state index contributed by atoms with van der Waals surface area (Å²) in [7, 11) is 3.60. The first kappa shape index (κ1) is 13.9. The molecule has 0 spiro atoms. The largest absolute Gasteiger partial charge is 0.481 e. The first-order valence-electron chi connectivity index (χ1n) is 6.53. The molecule has 0 saturated carbocycles. The van der Waals surface area contributed by atoms with Crippen LogP contribution in [0, 0.1) is 0 Å². The average molecular weight is 347 g/mol. The van der Waals surface area contributed by atoms with Crippen LogP contribution in [0.25, 0.3) is 11.0 Å². The highest BCUT2D eigenvalue weighted by Crippen LogP contribution is 2.22. The number of hydrogen-bond donors (Lipinski definition) is 1. The number of halogens is 1. The Morgan fingerprint density at radius 2 is 2.10 bits per heavy atom. The third-order valence-electron chi connectivity index (χ3n) is 3.26. The number of rotatable bonds is 4. The third-order valence-corrected chi connectivity index (χ3v) is 3.75. The van der Waals surface area contributed by atoms with Gasteiger partial charge in [-0.05, 0) is 24.3 Å². The fourth-order valence-corrected chi connectivity index (χ4v) is 2.51. The number of ether oxygens (including phenoxy) is 1. The van der Waals surface area contributed by atoms with Gasteiger partial charge in [0.05, 0.1) is 30.4 Å². The summed E-state index contributed by atoms with van der Waals surface area (Å²) in [6.07, 6.45) is 0. The van der Waals surface area contributed by atoms with Crippen LogP contribution in [0.3, 0.4) is 0 Å². The van der Waals surface area contributed by atoms with E-state index in [2.05, 4.69) is 37.3 Å². The lowest BCUT2D eigenvalue weighted by molar-refractivity contribution is 0.396. The number of methoxy groups -OCH3 is 1. The van der Waals surface area contributed by atoms with Crippen LogP contribution >= 0.6 is 15.9 Å². The maximum atomic E-state index is 5.13. The molecule has 0 amide bonds. The van der Waals surface area contributed by atoms with Crippen molar-refractivity contribution in [2.45, 2.75) is 6.54 Å². The number of fused-ring (bicyclic) bond motifs is 1. The van der Waals surface area contributed by atoms with Gasteiger partial charge in [0.1, 0.15) is 0 Å². The minimum atomic E-state index is 0.593. The molecule has 0 atom stereocenters. The molecule has 0 aliphatic heterocycles. The highest BCUT2D eigenvalue weighted by molar-refractivity contribution is 9.10. The van der Waals surface area contributed by atoms with Crippen molar-refractivity contribution >= 4 is 32.9 Å². The van der Waals surface area contributed by atoms with Crippen molar-refractivity contribution in [3.8, 4) is 5.88 Å². The lowest BCUT2D eigenvalue weighted by Gasteiger charge is -2.07. The van der Waals surface area contributed by atoms with Gasteiger partial charge in [-0.1, -0.05) is 22.0 Å². The lowest BCUT2D eigenvalue weighted by atomic mass is 10.3. The van der Waals surface area contributed by atoms with E-state index < -0.39 is 0 Å². The van der Waals surface area contributed by atoms with Crippen LogP contribution in [0.4, 0.5) is 5.95 Å². The minimum Gasteiger partial charge on any atom is -0.481 e. The molecule has 1 aromatic carbocycles. The number of aryl methyl sites for hydroxylation is 1. The molecule has 6 heteroatoms. The molecule has 0 unspecified atom stereocenters. The summed E-state index contributed by atoms with van der Waals surface area (Å²) in [5.74, 6) is 1.43. The predicted octanol–water partition coefficient (Wildman–Crippen LogP) is 3.35. The van der Waals surface area contributed by atoms with E-state index in [1.54, 1.807) is 7.11 Å². The molecular weight excluding hydrogens is 332 g/mol. The van der Waals surface area contributed by atoms with E-state index in [1.807, 2.05) is 41.9 Å². The van der Waals surface area contributed by atoms with E-state index in [0.717, 1.165) is 27.1 Å². The Balaban J connectivity index is 1.83. The van der Waals surface area contributed by atoms with Crippen LogP contribution in [0.15, 0.2) is 40.9 Å². The molecule has 0 aliphatic carbocycles. The summed E-state index contributed by atoms with van der Waals surface area (Å²) in [6.45, 7) is 0.593. The Kier molecular flexibility index (Phi) is 3.79. The minimum absolute atomic E-state index is 0.593. The smallest absolute Gasteiger partial charge is 0.213 e. The summed E-state index contributed by atoms with van der Waals surface area (Å²) in [4.78, 5) is 8.96. The highest BCUT2D eigenvalue weighted by Gasteiger charge is 2.08. The number of anilines is 1. The van der Waals surface area contributed by atoms with E-state index in [4.69, 9.17) is 4.74 Å². The maximum Gasteiger partial charge on any atom is 0.213 e. The fourth-order valence-electron chi connectivity index (χ4n) is 2.16. The molecule has 2 heterocycles. The van der Waals surface area contributed by atoms with Gasteiger partial charge in [-0.2, -0.15) is 0 Å². The maximum absolute atomic E-state index is 5.13. The van der Waals surface area contributed by atoms with Gasteiger partial charge < -0.3 is 14.6 Å². The second-order valence-corrected chi connectivity index (χ2v) is 5.57. The molecule has 0 bridgehead atoms. The van der Waals surface area contributed by atoms with Crippen molar-refractivity contribution in [1.82, 2.24) is 14.5 Å². The van der Waals surface area contributed by atoms with Gasteiger partial charge in [0.15, 0.2) is 0 Å². The first-order valence-corrected chi connectivity index (χ1v) is 7.32. The number of imidazole rings is 1. The molecular formula is C15H15BrN4O. The van der Waals surface area contributed by atoms with Gasteiger partial charge in [-0.3, -0.25) is 0 Å². The Morgan fingerprint density at radius 1 is 1.24 bits per heavy atom. The van der Waals surface area contributed by atoms with Crippen LogP contribution in [-0.4, -0.2) is 21.6 Å². The van der Waals surface area contributed by atoms with Gasteiger partial charge in [0.2, 0.25) is 11.8 Å². The van der Waals surface area contributed by atoms with E-state index >= 15 is 0 Å². The number of nitrogens with zero attached hydrogens (tertiary/aromatic N) is 3. The SMILES string of the molecule is COc1cccc(CNc2nc3ccc(Br)cc3n2C)n1. The van der Waals surface area contributed by atoms with Crippen LogP contribution in [0.2, 0.25) is 0 Å². The van der Waals surface area contributed by atoms with Crippen LogP contribution in [0.5, 0.6) is 5.88 Å². The molecule has 3 rings (SSSR count). The Hall–Kier alpha value is -2.08. The van der Waals surface area contributed by atoms with Crippen molar-refractivity contribution in [3.63, 3.8) is 0 Å². The standard InChI is InChI=1S/C15H15BrN4O/c1-20-13-8-10(16)6-7-12(13)19-15(20)17-9-11-4-3-5-14(18-11)21-2/h3-8H,9H2,1-2H3,(H,17,19). The van der Waals surface area contributed by atoms with Gasteiger partial charge in [0.25, 0.3) is 0 Å². The zero-order chi connectivity index (χ0) is 14.8. The molecule has 21 heavy (non-hydrogen) atoms. The normalized spacial score (nSPS) is 10.8. The number of benzene rings is 1. The molecule has 0 saturated heterocycles. The predicted molar refractivity (Wildman–Crippen MR) is 86.5 cm³/mol. The lowest BCUT2D eigenvalue weighted by Crippen LogP contribution is -2.06. The zero-order valence-electron chi connectivity index (χ0n) is 11.8. The number of hydrogen-bond acceptors (Lipinski definition) is 4. The molecule has 1 N–H and O–H groups in total. The van der Waals surface area contributed by atoms with E-state index in [0.29, 0.717) is 12.4 Å². The summed E-state index contributed by atoms with van der Waals surface area (Å²) in [5.41, 5.74) is 2.94. The second kappa shape index (κ2) is 5.73. The second-order valence-electron chi connectivity index (χ2n) is 4.65. The molecule has 0 aliphatic rings. The Bertz CT molecular complexity index is 784. The van der Waals surface area contributed by atoms with Gasteiger partial charge >= 0.3 is 0 Å². The van der Waals surface area contributed by atoms with Crippen LogP contribution in [-0.2, 0) is 13.6 Å². The van der Waals surface area contributed by atoms with Crippen molar-refractivity contribution in [3.05, 3.63) is 46.6 Å². The van der Waals surface area contributed by atoms with Crippen molar-refractivity contribution in [1.29, 1.82) is 0 Å². The van der Waals surface area contributed by atoms with Crippen LogP contribution < -0.4 is 10.1 Å². The average Bonchev–Trinajstić information content (AvgIpc) is 2.82. The zero-order valence-corrected chi connectivity index (χ0v) is 13.4. The Labute approximate surface area is 131 Å². The Morgan fingerprint density at radius 3 is 2.90 bits per heavy atom.